The standard InChI is InChI=1S/C10H13NO3/c1-5-3-6(2)8-7(4-5)9(12)11(14)10(8)13/h3,6-8,14H,4H2,1-2H3/t6-,7+,8+/m0/s1. The number of nitrogens with zero attached hydrogens (tertiary/aromatic N) is 1. The lowest BCUT2D eigenvalue weighted by molar-refractivity contribution is -0.173. The third-order valence-corrected chi connectivity index (χ3v) is 3.11. The van der Waals surface area contributed by atoms with Gasteiger partial charge in [0, 0.05) is 0 Å². The summed E-state index contributed by atoms with van der Waals surface area (Å²) in [7, 11) is 0. The molecule has 4 nitrogen and oxygen atoms in total. The normalized spacial score (nSPS) is 37.2. The number of hydrogen-bond acceptors (Lipinski definition) is 3. The maximum atomic E-state index is 11.5. The smallest absolute Gasteiger partial charge is 0.257 e. The maximum Gasteiger partial charge on any atom is 0.257 e. The van der Waals surface area contributed by atoms with Gasteiger partial charge in [0.2, 0.25) is 0 Å². The zero-order chi connectivity index (χ0) is 10.5. The average Bonchev–Trinajstić information content (AvgIpc) is 2.31. The van der Waals surface area contributed by atoms with Gasteiger partial charge in [0.1, 0.15) is 0 Å². The van der Waals surface area contributed by atoms with Crippen LogP contribution in [0.5, 0.6) is 0 Å². The summed E-state index contributed by atoms with van der Waals surface area (Å²) in [4.78, 5) is 23.0. The number of hydroxylamine groups is 2. The number of carbonyl (C=O) groups is 2. The van der Waals surface area contributed by atoms with Gasteiger partial charge in [0.25, 0.3) is 11.8 Å². The quantitative estimate of drug-likeness (QED) is 0.356. The number of fused-ring (bicyclic) bond motifs is 1. The van der Waals surface area contributed by atoms with E-state index in [0.717, 1.165) is 5.57 Å². The summed E-state index contributed by atoms with van der Waals surface area (Å²) in [5.74, 6) is -1.54. The summed E-state index contributed by atoms with van der Waals surface area (Å²) in [6, 6.07) is 0. The number of amides is 2. The Balaban J connectivity index is 2.37. The second-order valence-corrected chi connectivity index (χ2v) is 4.20. The van der Waals surface area contributed by atoms with Gasteiger partial charge in [-0.3, -0.25) is 14.8 Å². The van der Waals surface area contributed by atoms with E-state index in [4.69, 9.17) is 0 Å². The molecule has 0 aromatic rings. The van der Waals surface area contributed by atoms with E-state index in [9.17, 15) is 14.8 Å². The lowest BCUT2D eigenvalue weighted by atomic mass is 9.76. The van der Waals surface area contributed by atoms with Gasteiger partial charge >= 0.3 is 0 Å². The van der Waals surface area contributed by atoms with E-state index in [1.807, 2.05) is 19.9 Å². The molecule has 76 valence electrons. The van der Waals surface area contributed by atoms with Crippen LogP contribution in [-0.4, -0.2) is 22.1 Å². The molecule has 1 N–H and O–H groups in total. The van der Waals surface area contributed by atoms with Crippen LogP contribution >= 0.6 is 0 Å². The number of carbonyl (C=O) groups excluding carboxylic acids is 2. The molecule has 1 heterocycles. The van der Waals surface area contributed by atoms with E-state index >= 15 is 0 Å². The molecule has 2 rings (SSSR count). The summed E-state index contributed by atoms with van der Waals surface area (Å²) < 4.78 is 0. The highest BCUT2D eigenvalue weighted by Crippen LogP contribution is 2.39. The molecule has 1 saturated heterocycles. The van der Waals surface area contributed by atoms with Crippen LogP contribution in [-0.2, 0) is 9.59 Å². The fourth-order valence-electron chi connectivity index (χ4n) is 2.51. The zero-order valence-corrected chi connectivity index (χ0v) is 8.23. The van der Waals surface area contributed by atoms with Gasteiger partial charge in [-0.2, -0.15) is 5.06 Å². The number of imide groups is 1. The molecule has 1 aliphatic heterocycles. The lowest BCUT2D eigenvalue weighted by Gasteiger charge is -2.25. The Labute approximate surface area is 82.2 Å². The molecule has 0 spiro atoms. The molecule has 4 heteroatoms. The van der Waals surface area contributed by atoms with E-state index < -0.39 is 11.8 Å². The number of hydrogen-bond donors (Lipinski definition) is 1. The van der Waals surface area contributed by atoms with Crippen LogP contribution < -0.4 is 0 Å². The van der Waals surface area contributed by atoms with Crippen molar-refractivity contribution in [1.82, 2.24) is 5.06 Å². The molecule has 0 aromatic carbocycles. The Hall–Kier alpha value is -1.16. The molecular weight excluding hydrogens is 182 g/mol. The second kappa shape index (κ2) is 2.92. The zero-order valence-electron chi connectivity index (χ0n) is 8.23. The van der Waals surface area contributed by atoms with E-state index in [-0.39, 0.29) is 22.8 Å². The SMILES string of the molecule is CC1=C[C@H](C)[C@H]2C(=O)N(O)C(=O)[C@@H]2C1. The van der Waals surface area contributed by atoms with E-state index in [2.05, 4.69) is 0 Å². The number of allylic oxidation sites excluding steroid dienone is 2. The van der Waals surface area contributed by atoms with Gasteiger partial charge in [0.15, 0.2) is 0 Å². The van der Waals surface area contributed by atoms with Crippen LogP contribution in [0, 0.1) is 17.8 Å². The van der Waals surface area contributed by atoms with Gasteiger partial charge < -0.3 is 0 Å². The molecule has 0 aromatic heterocycles. The first-order valence-corrected chi connectivity index (χ1v) is 4.76. The molecule has 0 radical (unpaired) electrons. The summed E-state index contributed by atoms with van der Waals surface area (Å²) in [5.41, 5.74) is 1.12. The minimum Gasteiger partial charge on any atom is -0.278 e. The topological polar surface area (TPSA) is 57.6 Å². The molecular formula is C10H13NO3. The summed E-state index contributed by atoms with van der Waals surface area (Å²) >= 11 is 0. The molecule has 0 bridgehead atoms. The van der Waals surface area contributed by atoms with E-state index in [0.29, 0.717) is 6.42 Å². The van der Waals surface area contributed by atoms with Crippen molar-refractivity contribution in [2.75, 3.05) is 0 Å². The van der Waals surface area contributed by atoms with Crippen molar-refractivity contribution in [2.45, 2.75) is 20.3 Å². The molecule has 2 aliphatic rings. The Morgan fingerprint density at radius 3 is 2.71 bits per heavy atom. The van der Waals surface area contributed by atoms with Crippen molar-refractivity contribution in [3.63, 3.8) is 0 Å². The molecule has 14 heavy (non-hydrogen) atoms. The van der Waals surface area contributed by atoms with Crippen LogP contribution in [0.3, 0.4) is 0 Å². The van der Waals surface area contributed by atoms with Crippen molar-refractivity contribution in [3.8, 4) is 0 Å². The minimum atomic E-state index is -0.448. The highest BCUT2D eigenvalue weighted by Gasteiger charge is 2.50. The first-order valence-electron chi connectivity index (χ1n) is 4.76. The first kappa shape index (κ1) is 9.40. The number of rotatable bonds is 0. The molecule has 1 fully saturated rings. The largest absolute Gasteiger partial charge is 0.278 e. The van der Waals surface area contributed by atoms with Crippen molar-refractivity contribution in [3.05, 3.63) is 11.6 Å². The van der Waals surface area contributed by atoms with Crippen molar-refractivity contribution >= 4 is 11.8 Å². The van der Waals surface area contributed by atoms with Gasteiger partial charge in [-0.25, -0.2) is 0 Å². The molecule has 0 saturated carbocycles. The lowest BCUT2D eigenvalue weighted by Crippen LogP contribution is -2.28. The third-order valence-electron chi connectivity index (χ3n) is 3.11. The molecule has 0 unspecified atom stereocenters. The van der Waals surface area contributed by atoms with Crippen LogP contribution in [0.4, 0.5) is 0 Å². The summed E-state index contributed by atoms with van der Waals surface area (Å²) in [6.07, 6.45) is 2.60. The molecule has 1 aliphatic carbocycles. The Morgan fingerprint density at radius 1 is 1.43 bits per heavy atom. The van der Waals surface area contributed by atoms with Crippen molar-refractivity contribution in [1.29, 1.82) is 0 Å². The van der Waals surface area contributed by atoms with Gasteiger partial charge in [-0.05, 0) is 19.3 Å². The van der Waals surface area contributed by atoms with Gasteiger partial charge in [-0.15, -0.1) is 0 Å². The Kier molecular flexibility index (Phi) is 1.96. The molecule has 3 atom stereocenters. The maximum absolute atomic E-state index is 11.5. The molecule has 2 amide bonds. The monoisotopic (exact) mass is 195 g/mol. The van der Waals surface area contributed by atoms with Crippen LogP contribution in [0.15, 0.2) is 11.6 Å². The highest BCUT2D eigenvalue weighted by molar-refractivity contribution is 6.04. The summed E-state index contributed by atoms with van der Waals surface area (Å²) in [5, 5.41) is 9.50. The average molecular weight is 195 g/mol. The van der Waals surface area contributed by atoms with Crippen LogP contribution in [0.1, 0.15) is 20.3 Å². The van der Waals surface area contributed by atoms with Gasteiger partial charge in [-0.1, -0.05) is 18.6 Å². The first-order chi connectivity index (χ1) is 6.52. The fraction of sp³-hybridized carbons (Fsp3) is 0.600. The predicted molar refractivity (Wildman–Crippen MR) is 48.2 cm³/mol. The Bertz CT molecular complexity index is 334. The predicted octanol–water partition coefficient (Wildman–Crippen LogP) is 0.963. The van der Waals surface area contributed by atoms with Crippen LogP contribution in [0.25, 0.3) is 0 Å². The van der Waals surface area contributed by atoms with E-state index in [1.165, 1.54) is 0 Å². The third kappa shape index (κ3) is 1.10. The van der Waals surface area contributed by atoms with E-state index in [1.54, 1.807) is 0 Å². The minimum absolute atomic E-state index is 0.0438. The van der Waals surface area contributed by atoms with Crippen LogP contribution in [0.2, 0.25) is 0 Å². The second-order valence-electron chi connectivity index (χ2n) is 4.20. The van der Waals surface area contributed by atoms with Crippen molar-refractivity contribution in [2.24, 2.45) is 17.8 Å². The highest BCUT2D eigenvalue weighted by atomic mass is 16.5. The Morgan fingerprint density at radius 2 is 2.07 bits per heavy atom. The van der Waals surface area contributed by atoms with Gasteiger partial charge in [0.05, 0.1) is 11.8 Å². The van der Waals surface area contributed by atoms with Crippen molar-refractivity contribution < 1.29 is 14.8 Å². The summed E-state index contributed by atoms with van der Waals surface area (Å²) in [6.45, 7) is 3.86. The fourth-order valence-corrected chi connectivity index (χ4v) is 2.51.